The lowest BCUT2D eigenvalue weighted by Gasteiger charge is -2.44. The van der Waals surface area contributed by atoms with Gasteiger partial charge in [-0.2, -0.15) is 0 Å². The molecule has 0 saturated heterocycles. The maximum absolute atomic E-state index is 14.6. The minimum absolute atomic E-state index is 0.0433. The second-order valence-corrected chi connectivity index (χ2v) is 9.59. The van der Waals surface area contributed by atoms with E-state index in [1.54, 1.807) is 23.1 Å². The summed E-state index contributed by atoms with van der Waals surface area (Å²) in [6.45, 7) is 2.19. The zero-order valence-corrected chi connectivity index (χ0v) is 19.0. The molecule has 0 spiro atoms. The van der Waals surface area contributed by atoms with Crippen LogP contribution in [0.15, 0.2) is 54.6 Å². The first-order valence-corrected chi connectivity index (χ1v) is 11.9. The molecule has 1 aromatic heterocycles. The highest BCUT2D eigenvalue weighted by Crippen LogP contribution is 2.34. The fourth-order valence-electron chi connectivity index (χ4n) is 5.32. The number of fused-ring (bicyclic) bond motifs is 3. The van der Waals surface area contributed by atoms with Gasteiger partial charge in [-0.3, -0.25) is 9.59 Å². The van der Waals surface area contributed by atoms with Crippen molar-refractivity contribution in [3.05, 3.63) is 71.7 Å². The lowest BCUT2D eigenvalue weighted by atomic mass is 9.93. The van der Waals surface area contributed by atoms with E-state index in [-0.39, 0.29) is 30.2 Å². The third kappa shape index (κ3) is 3.92. The Morgan fingerprint density at radius 2 is 1.76 bits per heavy atom. The quantitative estimate of drug-likeness (QED) is 0.570. The lowest BCUT2D eigenvalue weighted by molar-refractivity contribution is -0.134. The molecule has 33 heavy (non-hydrogen) atoms. The summed E-state index contributed by atoms with van der Waals surface area (Å²) in [5.41, 5.74) is 0.733. The van der Waals surface area contributed by atoms with Crippen molar-refractivity contribution >= 4 is 22.7 Å². The second kappa shape index (κ2) is 8.65. The summed E-state index contributed by atoms with van der Waals surface area (Å²) in [6.07, 6.45) is 6.51. The van der Waals surface area contributed by atoms with Crippen molar-refractivity contribution in [1.82, 2.24) is 14.8 Å². The smallest absolute Gasteiger partial charge is 0.271 e. The van der Waals surface area contributed by atoms with Crippen LogP contribution in [0.1, 0.15) is 61.5 Å². The van der Waals surface area contributed by atoms with Crippen LogP contribution in [0, 0.1) is 5.82 Å². The van der Waals surface area contributed by atoms with Crippen LogP contribution in [0.3, 0.4) is 0 Å². The van der Waals surface area contributed by atoms with E-state index in [4.69, 9.17) is 0 Å². The van der Waals surface area contributed by atoms with Crippen LogP contribution in [0.5, 0.6) is 0 Å². The normalized spacial score (nSPS) is 21.6. The van der Waals surface area contributed by atoms with E-state index in [0.717, 1.165) is 36.6 Å². The summed E-state index contributed by atoms with van der Waals surface area (Å²) in [5.74, 6) is -0.787. The molecule has 1 aliphatic heterocycles. The standard InChI is InChI=1S/C27H30FN3O2/c1-27(26(33)29-21-12-4-2-3-5-13-21)18-30-23-15-9-7-10-19(23)16-24(30)25(32)31(27)17-20-11-6-8-14-22(20)28/h6-11,14-16,21H,2-5,12-13,17-18H2,1H3,(H,29,33)/t27-/m1/s1. The minimum Gasteiger partial charge on any atom is -0.351 e. The van der Waals surface area contributed by atoms with Gasteiger partial charge in [-0.1, -0.05) is 62.1 Å². The Labute approximate surface area is 193 Å². The topological polar surface area (TPSA) is 54.3 Å². The molecule has 0 radical (unpaired) electrons. The molecule has 6 heteroatoms. The molecule has 1 N–H and O–H groups in total. The Balaban J connectivity index is 1.55. The van der Waals surface area contributed by atoms with E-state index in [0.29, 0.717) is 17.8 Å². The van der Waals surface area contributed by atoms with Crippen molar-refractivity contribution in [2.45, 2.75) is 70.1 Å². The summed E-state index contributed by atoms with van der Waals surface area (Å²) in [4.78, 5) is 29.1. The summed E-state index contributed by atoms with van der Waals surface area (Å²) >= 11 is 0. The number of hydrogen-bond donors (Lipinski definition) is 1. The number of para-hydroxylation sites is 1. The van der Waals surface area contributed by atoms with Crippen molar-refractivity contribution in [2.24, 2.45) is 0 Å². The summed E-state index contributed by atoms with van der Waals surface area (Å²) < 4.78 is 16.5. The highest BCUT2D eigenvalue weighted by atomic mass is 19.1. The molecule has 0 bridgehead atoms. The Hall–Kier alpha value is -3.15. The molecule has 1 saturated carbocycles. The number of benzene rings is 2. The Bertz CT molecular complexity index is 1200. The van der Waals surface area contributed by atoms with Gasteiger partial charge >= 0.3 is 0 Å². The Morgan fingerprint density at radius 3 is 2.52 bits per heavy atom. The number of carbonyl (C=O) groups is 2. The first-order valence-electron chi connectivity index (χ1n) is 11.9. The van der Waals surface area contributed by atoms with Gasteiger partial charge in [-0.05, 0) is 38.0 Å². The van der Waals surface area contributed by atoms with Gasteiger partial charge in [0.05, 0.1) is 13.1 Å². The van der Waals surface area contributed by atoms with Gasteiger partial charge in [0.15, 0.2) is 0 Å². The van der Waals surface area contributed by atoms with Gasteiger partial charge in [-0.15, -0.1) is 0 Å². The van der Waals surface area contributed by atoms with Crippen molar-refractivity contribution in [3.63, 3.8) is 0 Å². The fraction of sp³-hybridized carbons (Fsp3) is 0.407. The predicted octanol–water partition coefficient (Wildman–Crippen LogP) is 5.03. The van der Waals surface area contributed by atoms with Crippen LogP contribution in [0.4, 0.5) is 4.39 Å². The van der Waals surface area contributed by atoms with Crippen LogP contribution in [-0.4, -0.2) is 32.9 Å². The summed E-state index contributed by atoms with van der Waals surface area (Å²) in [7, 11) is 0. The second-order valence-electron chi connectivity index (χ2n) is 9.59. The lowest BCUT2D eigenvalue weighted by Crippen LogP contribution is -2.64. The molecule has 172 valence electrons. The third-order valence-corrected chi connectivity index (χ3v) is 7.30. The Morgan fingerprint density at radius 1 is 1.06 bits per heavy atom. The van der Waals surface area contributed by atoms with E-state index in [1.165, 1.54) is 18.9 Å². The summed E-state index contributed by atoms with van der Waals surface area (Å²) in [5, 5.41) is 4.21. The van der Waals surface area contributed by atoms with Crippen molar-refractivity contribution in [3.8, 4) is 0 Å². The molecule has 1 atom stereocenters. The third-order valence-electron chi connectivity index (χ3n) is 7.30. The van der Waals surface area contributed by atoms with Crippen molar-refractivity contribution in [1.29, 1.82) is 0 Å². The highest BCUT2D eigenvalue weighted by Gasteiger charge is 2.48. The molecular weight excluding hydrogens is 417 g/mol. The molecule has 2 amide bonds. The number of carbonyl (C=O) groups excluding carboxylic acids is 2. The molecule has 0 unspecified atom stereocenters. The average molecular weight is 448 g/mol. The number of aromatic nitrogens is 1. The molecule has 5 nitrogen and oxygen atoms in total. The van der Waals surface area contributed by atoms with Crippen molar-refractivity contribution in [2.75, 3.05) is 0 Å². The van der Waals surface area contributed by atoms with Crippen LogP contribution in [0.25, 0.3) is 10.9 Å². The first kappa shape index (κ1) is 21.7. The zero-order chi connectivity index (χ0) is 23.0. The molecule has 2 aliphatic rings. The fourth-order valence-corrected chi connectivity index (χ4v) is 5.32. The van der Waals surface area contributed by atoms with Crippen LogP contribution in [0.2, 0.25) is 0 Å². The molecule has 1 fully saturated rings. The number of hydrogen-bond acceptors (Lipinski definition) is 2. The van der Waals surface area contributed by atoms with Crippen LogP contribution < -0.4 is 5.32 Å². The molecule has 2 heterocycles. The molecule has 2 aromatic carbocycles. The van der Waals surface area contributed by atoms with Gasteiger partial charge in [0.25, 0.3) is 5.91 Å². The minimum atomic E-state index is -1.14. The maximum Gasteiger partial charge on any atom is 0.271 e. The number of halogens is 1. The number of amides is 2. The SMILES string of the molecule is C[C@]1(C(=O)NC2CCCCCC2)Cn2c(cc3ccccc32)C(=O)N1Cc1ccccc1F. The number of rotatable bonds is 4. The van der Waals surface area contributed by atoms with Crippen LogP contribution in [-0.2, 0) is 17.9 Å². The van der Waals surface area contributed by atoms with Gasteiger partial charge in [0, 0.05) is 22.5 Å². The van der Waals surface area contributed by atoms with Gasteiger partial charge in [-0.25, -0.2) is 4.39 Å². The molecule has 1 aliphatic carbocycles. The van der Waals surface area contributed by atoms with E-state index in [1.807, 2.05) is 41.8 Å². The Kier molecular flexibility index (Phi) is 5.69. The summed E-state index contributed by atoms with van der Waals surface area (Å²) in [6, 6.07) is 16.3. The number of nitrogens with one attached hydrogen (secondary N) is 1. The van der Waals surface area contributed by atoms with E-state index < -0.39 is 5.54 Å². The highest BCUT2D eigenvalue weighted by molar-refractivity contribution is 6.03. The van der Waals surface area contributed by atoms with E-state index in [2.05, 4.69) is 5.32 Å². The van der Waals surface area contributed by atoms with Gasteiger partial charge in [0.2, 0.25) is 5.91 Å². The first-order chi connectivity index (χ1) is 16.0. The molecule has 3 aromatic rings. The molecular formula is C27H30FN3O2. The van der Waals surface area contributed by atoms with Crippen LogP contribution >= 0.6 is 0 Å². The largest absolute Gasteiger partial charge is 0.351 e. The van der Waals surface area contributed by atoms with Gasteiger partial charge < -0.3 is 14.8 Å². The van der Waals surface area contributed by atoms with E-state index >= 15 is 0 Å². The maximum atomic E-state index is 14.6. The molecule has 5 rings (SSSR count). The van der Waals surface area contributed by atoms with Gasteiger partial charge in [0.1, 0.15) is 17.1 Å². The average Bonchev–Trinajstić information content (AvgIpc) is 2.98. The number of nitrogens with zero attached hydrogens (tertiary/aromatic N) is 2. The zero-order valence-electron chi connectivity index (χ0n) is 19.0. The monoisotopic (exact) mass is 447 g/mol. The van der Waals surface area contributed by atoms with Crippen molar-refractivity contribution < 1.29 is 14.0 Å². The van der Waals surface area contributed by atoms with E-state index in [9.17, 15) is 14.0 Å². The predicted molar refractivity (Wildman–Crippen MR) is 126 cm³/mol.